The molecule has 0 bridgehead atoms. The molecule has 7 heteroatoms. The lowest BCUT2D eigenvalue weighted by atomic mass is 9.93. The first-order valence-corrected chi connectivity index (χ1v) is 11.0. The number of anilines is 1. The number of benzene rings is 2. The van der Waals surface area contributed by atoms with Gasteiger partial charge in [0, 0.05) is 11.7 Å². The van der Waals surface area contributed by atoms with Gasteiger partial charge in [-0.25, -0.2) is 0 Å². The highest BCUT2D eigenvalue weighted by molar-refractivity contribution is 6.33. The number of halogens is 1. The van der Waals surface area contributed by atoms with Crippen LogP contribution in [0, 0.1) is 6.92 Å². The summed E-state index contributed by atoms with van der Waals surface area (Å²) in [4.78, 5) is 39.6. The van der Waals surface area contributed by atoms with Gasteiger partial charge in [0.25, 0.3) is 5.91 Å². The highest BCUT2D eigenvalue weighted by Gasteiger charge is 2.29. The van der Waals surface area contributed by atoms with Crippen molar-refractivity contribution in [2.45, 2.75) is 45.1 Å². The summed E-state index contributed by atoms with van der Waals surface area (Å²) in [5.74, 6) is -0.942. The summed E-state index contributed by atoms with van der Waals surface area (Å²) in [6.07, 6.45) is 4.90. The molecule has 164 valence electrons. The topological polar surface area (TPSA) is 78.5 Å². The lowest BCUT2D eigenvalue weighted by Crippen LogP contribution is -2.48. The van der Waals surface area contributed by atoms with E-state index in [0.717, 1.165) is 37.7 Å². The van der Waals surface area contributed by atoms with E-state index in [0.29, 0.717) is 16.3 Å². The van der Waals surface area contributed by atoms with Crippen LogP contribution in [-0.2, 0) is 9.59 Å². The van der Waals surface area contributed by atoms with Crippen molar-refractivity contribution in [2.75, 3.05) is 18.4 Å². The van der Waals surface area contributed by atoms with Gasteiger partial charge in [0.2, 0.25) is 11.8 Å². The molecule has 3 rings (SSSR count). The quantitative estimate of drug-likeness (QED) is 0.676. The number of amides is 3. The van der Waals surface area contributed by atoms with E-state index in [2.05, 4.69) is 10.6 Å². The van der Waals surface area contributed by atoms with Crippen LogP contribution in [0.5, 0.6) is 0 Å². The SMILES string of the molecule is Cc1cccc(NC(=O)CNC(=O)CN(C(=O)c2ccccc2Cl)C2CCCCC2)c1. The second kappa shape index (κ2) is 11.0. The van der Waals surface area contributed by atoms with Crippen LogP contribution >= 0.6 is 11.6 Å². The molecule has 0 heterocycles. The Balaban J connectivity index is 1.62. The Bertz CT molecular complexity index is 941. The summed E-state index contributed by atoms with van der Waals surface area (Å²) in [6, 6.07) is 14.3. The predicted octanol–water partition coefficient (Wildman–Crippen LogP) is 4.18. The van der Waals surface area contributed by atoms with Gasteiger partial charge in [0.05, 0.1) is 17.1 Å². The number of aryl methyl sites for hydroxylation is 1. The molecule has 31 heavy (non-hydrogen) atoms. The van der Waals surface area contributed by atoms with E-state index in [1.807, 2.05) is 25.1 Å². The van der Waals surface area contributed by atoms with E-state index in [-0.39, 0.29) is 36.9 Å². The number of hydrogen-bond acceptors (Lipinski definition) is 3. The van der Waals surface area contributed by atoms with Gasteiger partial charge in [0.15, 0.2) is 0 Å². The van der Waals surface area contributed by atoms with Gasteiger partial charge in [-0.05, 0) is 49.6 Å². The first kappa shape index (κ1) is 22.8. The number of hydrogen-bond donors (Lipinski definition) is 2. The first-order chi connectivity index (χ1) is 14.9. The van der Waals surface area contributed by atoms with Crippen molar-refractivity contribution in [3.05, 3.63) is 64.7 Å². The van der Waals surface area contributed by atoms with Crippen molar-refractivity contribution in [3.63, 3.8) is 0 Å². The van der Waals surface area contributed by atoms with Gasteiger partial charge in [-0.2, -0.15) is 0 Å². The molecule has 0 aromatic heterocycles. The molecule has 1 saturated carbocycles. The molecule has 0 unspecified atom stereocenters. The zero-order valence-corrected chi connectivity index (χ0v) is 18.5. The molecule has 2 aromatic carbocycles. The minimum atomic E-state index is -0.370. The average molecular weight is 442 g/mol. The van der Waals surface area contributed by atoms with E-state index >= 15 is 0 Å². The number of nitrogens with zero attached hydrogens (tertiary/aromatic N) is 1. The number of carbonyl (C=O) groups excluding carboxylic acids is 3. The van der Waals surface area contributed by atoms with Crippen molar-refractivity contribution < 1.29 is 14.4 Å². The van der Waals surface area contributed by atoms with Crippen LogP contribution in [-0.4, -0.2) is 41.8 Å². The zero-order valence-electron chi connectivity index (χ0n) is 17.7. The van der Waals surface area contributed by atoms with Crippen LogP contribution < -0.4 is 10.6 Å². The van der Waals surface area contributed by atoms with E-state index in [1.165, 1.54) is 0 Å². The maximum absolute atomic E-state index is 13.2. The Morgan fingerprint density at radius 1 is 1.00 bits per heavy atom. The van der Waals surface area contributed by atoms with Gasteiger partial charge in [-0.3, -0.25) is 14.4 Å². The van der Waals surface area contributed by atoms with E-state index in [4.69, 9.17) is 11.6 Å². The van der Waals surface area contributed by atoms with Gasteiger partial charge in [0.1, 0.15) is 6.54 Å². The predicted molar refractivity (Wildman–Crippen MR) is 122 cm³/mol. The molecular formula is C24H28ClN3O3. The van der Waals surface area contributed by atoms with Crippen LogP contribution in [0.4, 0.5) is 5.69 Å². The Morgan fingerprint density at radius 2 is 1.74 bits per heavy atom. The van der Waals surface area contributed by atoms with Crippen molar-refractivity contribution in [3.8, 4) is 0 Å². The molecule has 0 spiro atoms. The number of nitrogens with one attached hydrogen (secondary N) is 2. The summed E-state index contributed by atoms with van der Waals surface area (Å²) in [5, 5.41) is 5.76. The smallest absolute Gasteiger partial charge is 0.256 e. The third kappa shape index (κ3) is 6.56. The van der Waals surface area contributed by atoms with Gasteiger partial charge in [-0.15, -0.1) is 0 Å². The Kier molecular flexibility index (Phi) is 8.06. The highest BCUT2D eigenvalue weighted by atomic mass is 35.5. The molecule has 1 fully saturated rings. The van der Waals surface area contributed by atoms with E-state index < -0.39 is 0 Å². The summed E-state index contributed by atoms with van der Waals surface area (Å²) in [6.45, 7) is 1.67. The van der Waals surface area contributed by atoms with Crippen LogP contribution in [0.25, 0.3) is 0 Å². The summed E-state index contributed by atoms with van der Waals surface area (Å²) < 4.78 is 0. The van der Waals surface area contributed by atoms with E-state index in [9.17, 15) is 14.4 Å². The van der Waals surface area contributed by atoms with E-state index in [1.54, 1.807) is 35.2 Å². The molecule has 0 atom stereocenters. The number of carbonyl (C=O) groups is 3. The Morgan fingerprint density at radius 3 is 2.45 bits per heavy atom. The molecular weight excluding hydrogens is 414 g/mol. The average Bonchev–Trinajstić information content (AvgIpc) is 2.76. The first-order valence-electron chi connectivity index (χ1n) is 10.6. The molecule has 1 aliphatic rings. The fourth-order valence-corrected chi connectivity index (χ4v) is 4.08. The molecule has 3 amide bonds. The minimum Gasteiger partial charge on any atom is -0.345 e. The fraction of sp³-hybridized carbons (Fsp3) is 0.375. The largest absolute Gasteiger partial charge is 0.345 e. The van der Waals surface area contributed by atoms with Crippen molar-refractivity contribution in [2.24, 2.45) is 0 Å². The third-order valence-corrected chi connectivity index (χ3v) is 5.77. The van der Waals surface area contributed by atoms with Gasteiger partial charge >= 0.3 is 0 Å². The fourth-order valence-electron chi connectivity index (χ4n) is 3.87. The maximum Gasteiger partial charge on any atom is 0.256 e. The Hall–Kier alpha value is -2.86. The van der Waals surface area contributed by atoms with Crippen molar-refractivity contribution in [1.82, 2.24) is 10.2 Å². The second-order valence-electron chi connectivity index (χ2n) is 7.90. The lowest BCUT2D eigenvalue weighted by Gasteiger charge is -2.34. The van der Waals surface area contributed by atoms with Crippen LogP contribution in [0.2, 0.25) is 5.02 Å². The molecule has 1 aliphatic carbocycles. The lowest BCUT2D eigenvalue weighted by molar-refractivity contribution is -0.125. The van der Waals surface area contributed by atoms with Crippen LogP contribution in [0.3, 0.4) is 0 Å². The molecule has 6 nitrogen and oxygen atoms in total. The van der Waals surface area contributed by atoms with Gasteiger partial charge in [-0.1, -0.05) is 55.1 Å². The summed E-state index contributed by atoms with van der Waals surface area (Å²) in [5.41, 5.74) is 2.10. The standard InChI is InChI=1S/C24H28ClN3O3/c1-17-8-7-9-18(14-17)27-22(29)15-26-23(30)16-28(19-10-3-2-4-11-19)24(31)20-12-5-6-13-21(20)25/h5-9,12-14,19H,2-4,10-11,15-16H2,1H3,(H,26,30)(H,27,29). The minimum absolute atomic E-state index is 0.00982. The third-order valence-electron chi connectivity index (χ3n) is 5.44. The second-order valence-corrected chi connectivity index (χ2v) is 8.31. The Labute approximate surface area is 188 Å². The van der Waals surface area contributed by atoms with Gasteiger partial charge < -0.3 is 15.5 Å². The number of rotatable bonds is 7. The summed E-state index contributed by atoms with van der Waals surface area (Å²) >= 11 is 6.23. The monoisotopic (exact) mass is 441 g/mol. The van der Waals surface area contributed by atoms with Crippen LogP contribution in [0.1, 0.15) is 48.0 Å². The summed E-state index contributed by atoms with van der Waals surface area (Å²) in [7, 11) is 0. The molecule has 2 aromatic rings. The molecule has 0 radical (unpaired) electrons. The maximum atomic E-state index is 13.2. The zero-order chi connectivity index (χ0) is 22.2. The molecule has 0 saturated heterocycles. The highest BCUT2D eigenvalue weighted by Crippen LogP contribution is 2.26. The normalized spacial score (nSPS) is 14.0. The van der Waals surface area contributed by atoms with Crippen LogP contribution in [0.15, 0.2) is 48.5 Å². The van der Waals surface area contributed by atoms with Crippen molar-refractivity contribution in [1.29, 1.82) is 0 Å². The van der Waals surface area contributed by atoms with Crippen molar-refractivity contribution >= 4 is 35.0 Å². The molecule has 0 aliphatic heterocycles. The molecule has 2 N–H and O–H groups in total.